The molecule has 1 N–H and O–H groups in total. The highest BCUT2D eigenvalue weighted by atomic mass is 16.6. The van der Waals surface area contributed by atoms with Crippen molar-refractivity contribution in [3.8, 4) is 11.5 Å². The maximum Gasteiger partial charge on any atom is 0.322 e. The molecule has 7 atom stereocenters. The van der Waals surface area contributed by atoms with Gasteiger partial charge in [-0.2, -0.15) is 0 Å². The molecule has 8 rings (SSSR count). The third-order valence-electron chi connectivity index (χ3n) is 20.5. The van der Waals surface area contributed by atoms with Gasteiger partial charge in [0, 0.05) is 54.8 Å². The summed E-state index contributed by atoms with van der Waals surface area (Å²) < 4.78 is 37.2. The first kappa shape index (κ1) is 63.4. The molecule has 12 nitrogen and oxygen atoms in total. The first-order valence-electron chi connectivity index (χ1n) is 32.6. The van der Waals surface area contributed by atoms with Crippen molar-refractivity contribution in [2.75, 3.05) is 33.4 Å². The number of rotatable bonds is 40. The molecule has 0 amide bonds. The van der Waals surface area contributed by atoms with E-state index in [1.54, 1.807) is 7.11 Å². The van der Waals surface area contributed by atoms with Gasteiger partial charge in [0.1, 0.15) is 31.3 Å². The Morgan fingerprint density at radius 1 is 0.671 bits per heavy atom. The molecule has 1 aromatic rings. The SMILES string of the molecule is CCCCCCCCCCCCCCCC(=O)OCC(COC(=O)CCCCCCCCCCCCCCC)OC(=O)CC(=O)Oc1ccc2c3c1O[C@H]1[C@]4(OC)CC[C@@]5(C[C@@H]4[C@](C)(O)C(C)(C)C)C(C2)N(CC2CC2)CC[C@]315. The normalized spacial score (nSPS) is 25.4. The third kappa shape index (κ3) is 15.5. The molecule has 0 aromatic heterocycles. The van der Waals surface area contributed by atoms with E-state index in [4.69, 9.17) is 28.4 Å². The van der Waals surface area contributed by atoms with Crippen LogP contribution in [0, 0.1) is 22.7 Å². The van der Waals surface area contributed by atoms with Crippen LogP contribution in [-0.4, -0.2) is 96.7 Å². The van der Waals surface area contributed by atoms with Gasteiger partial charge >= 0.3 is 23.9 Å². The van der Waals surface area contributed by atoms with Gasteiger partial charge in [0.05, 0.1) is 5.60 Å². The lowest BCUT2D eigenvalue weighted by atomic mass is 9.33. The Kier molecular flexibility index (Phi) is 23.9. The predicted octanol–water partition coefficient (Wildman–Crippen LogP) is 15.0. The molecule has 2 aliphatic heterocycles. The molecule has 1 unspecified atom stereocenters. The standard InChI is InChI=1S/C67H109NO11/c1-8-10-12-14-16-18-20-22-24-26-28-30-32-34-56(69)75-48-52(49-76-57(70)35-33-31-29-27-25-23-21-19-17-15-13-11-9-2)77-58(71)45-59(72)78-53-39-38-51-44-55-65-40-41-67(74-7,54(46-65)64(6,73)63(3,4)5)62-66(65,60(51)61(53)79-62)42-43-68(55)47-50-36-37-50/h38-39,50,52,54-55,62,73H,8-37,40-49H2,1-7H3/t54-,55?,62-,64+,65-,66+,67+/m1/s1. The Bertz CT molecular complexity index is 2050. The van der Waals surface area contributed by atoms with Crippen molar-refractivity contribution in [3.05, 3.63) is 23.3 Å². The van der Waals surface area contributed by atoms with E-state index >= 15 is 0 Å². The van der Waals surface area contributed by atoms with Gasteiger partial charge in [0.25, 0.3) is 0 Å². The molecule has 1 aromatic carbocycles. The smallest absolute Gasteiger partial charge is 0.322 e. The van der Waals surface area contributed by atoms with E-state index in [1.807, 2.05) is 13.0 Å². The summed E-state index contributed by atoms with van der Waals surface area (Å²) in [6, 6.07) is 4.19. The number of nitrogens with zero attached hydrogens (tertiary/aromatic N) is 1. The van der Waals surface area contributed by atoms with Gasteiger partial charge in [-0.05, 0) is 94.2 Å². The lowest BCUT2D eigenvalue weighted by Crippen LogP contribution is -2.83. The van der Waals surface area contributed by atoms with Crippen LogP contribution in [0.3, 0.4) is 0 Å². The zero-order chi connectivity index (χ0) is 56.5. The summed E-state index contributed by atoms with van der Waals surface area (Å²) in [6.07, 6.45) is 36.5. The average molecular weight is 1100 g/mol. The van der Waals surface area contributed by atoms with Crippen LogP contribution in [0.15, 0.2) is 12.1 Å². The quantitative estimate of drug-likeness (QED) is 0.0219. The van der Waals surface area contributed by atoms with Gasteiger partial charge in [-0.25, -0.2) is 0 Å². The van der Waals surface area contributed by atoms with Crippen LogP contribution < -0.4 is 9.47 Å². The highest BCUT2D eigenvalue weighted by Crippen LogP contribution is 2.78. The lowest BCUT2D eigenvalue weighted by molar-refractivity contribution is -0.312. The first-order chi connectivity index (χ1) is 38.1. The summed E-state index contributed by atoms with van der Waals surface area (Å²) in [5, 5.41) is 12.7. The van der Waals surface area contributed by atoms with Crippen molar-refractivity contribution in [3.63, 3.8) is 0 Å². The van der Waals surface area contributed by atoms with Gasteiger partial charge in [-0.15, -0.1) is 0 Å². The Labute approximate surface area is 478 Å². The number of esters is 4. The molecule has 448 valence electrons. The fraction of sp³-hybridized carbons (Fsp3) is 0.851. The van der Waals surface area contributed by atoms with Gasteiger partial charge in [-0.3, -0.25) is 24.1 Å². The van der Waals surface area contributed by atoms with Crippen molar-refractivity contribution < 1.29 is 52.7 Å². The summed E-state index contributed by atoms with van der Waals surface area (Å²) in [5.41, 5.74) is -0.563. The average Bonchev–Trinajstić information content (AvgIpc) is 2.13. The van der Waals surface area contributed by atoms with E-state index in [0.717, 1.165) is 95.2 Å². The van der Waals surface area contributed by atoms with Crippen LogP contribution >= 0.6 is 0 Å². The fourth-order valence-corrected chi connectivity index (χ4v) is 15.4. The maximum absolute atomic E-state index is 13.9. The molecule has 2 spiro atoms. The zero-order valence-corrected chi connectivity index (χ0v) is 50.8. The van der Waals surface area contributed by atoms with Crippen molar-refractivity contribution in [2.24, 2.45) is 22.7 Å². The molecule has 7 aliphatic rings. The van der Waals surface area contributed by atoms with E-state index in [-0.39, 0.29) is 49.2 Å². The van der Waals surface area contributed by atoms with Gasteiger partial charge < -0.3 is 33.5 Å². The highest BCUT2D eigenvalue weighted by Gasteiger charge is 2.82. The Morgan fingerprint density at radius 2 is 1.18 bits per heavy atom. The maximum atomic E-state index is 13.9. The fourth-order valence-electron chi connectivity index (χ4n) is 15.4. The molecule has 12 heteroatoms. The molecular formula is C67H109NO11. The monoisotopic (exact) mass is 1100 g/mol. The zero-order valence-electron chi connectivity index (χ0n) is 50.8. The van der Waals surface area contributed by atoms with Crippen molar-refractivity contribution >= 4 is 23.9 Å². The summed E-state index contributed by atoms with van der Waals surface area (Å²) in [6.45, 7) is 14.3. The van der Waals surface area contributed by atoms with E-state index in [2.05, 4.69) is 45.6 Å². The van der Waals surface area contributed by atoms with E-state index in [1.165, 1.54) is 134 Å². The summed E-state index contributed by atoms with van der Waals surface area (Å²) in [4.78, 5) is 56.3. The third-order valence-corrected chi connectivity index (χ3v) is 20.5. The number of likely N-dealkylation sites (tertiary alicyclic amines) is 1. The summed E-state index contributed by atoms with van der Waals surface area (Å²) >= 11 is 0. The van der Waals surface area contributed by atoms with Crippen LogP contribution in [0.1, 0.15) is 277 Å². The number of ether oxygens (including phenoxy) is 6. The van der Waals surface area contributed by atoms with E-state index in [0.29, 0.717) is 18.6 Å². The molecule has 1 saturated heterocycles. The number of hydrogen-bond donors (Lipinski definition) is 1. The van der Waals surface area contributed by atoms with Crippen LogP contribution in [0.25, 0.3) is 0 Å². The minimum absolute atomic E-state index is 0.184. The van der Waals surface area contributed by atoms with Gasteiger partial charge in [-0.1, -0.05) is 195 Å². The number of benzene rings is 1. The lowest BCUT2D eigenvalue weighted by Gasteiger charge is -2.75. The molecular weight excluding hydrogens is 995 g/mol. The number of hydrogen-bond acceptors (Lipinski definition) is 12. The van der Waals surface area contributed by atoms with Crippen molar-refractivity contribution in [1.29, 1.82) is 0 Å². The molecule has 2 heterocycles. The summed E-state index contributed by atoms with van der Waals surface area (Å²) in [5.74, 6) is -1.13. The van der Waals surface area contributed by atoms with Crippen LogP contribution in [-0.2, 0) is 50.0 Å². The van der Waals surface area contributed by atoms with Crippen LogP contribution in [0.2, 0.25) is 0 Å². The molecule has 5 aliphatic carbocycles. The van der Waals surface area contributed by atoms with Gasteiger partial charge in [0.2, 0.25) is 0 Å². The topological polar surface area (TPSA) is 147 Å². The number of piperidine rings is 1. The van der Waals surface area contributed by atoms with Gasteiger partial charge in [0.15, 0.2) is 17.6 Å². The van der Waals surface area contributed by atoms with E-state index < -0.39 is 64.5 Å². The van der Waals surface area contributed by atoms with Crippen LogP contribution in [0.5, 0.6) is 11.5 Å². The Morgan fingerprint density at radius 3 is 1.66 bits per heavy atom. The Hall–Kier alpha value is -3.22. The Balaban J connectivity index is 0.938. The highest BCUT2D eigenvalue weighted by molar-refractivity contribution is 5.92. The van der Waals surface area contributed by atoms with E-state index in [9.17, 15) is 24.3 Å². The molecule has 79 heavy (non-hydrogen) atoms. The number of unbranched alkanes of at least 4 members (excludes halogenated alkanes) is 24. The number of carbonyl (C=O) groups excluding carboxylic acids is 4. The molecule has 4 saturated carbocycles. The minimum atomic E-state index is -1.09. The number of methoxy groups -OCH3 is 1. The molecule has 4 bridgehead atoms. The number of aliphatic hydroxyl groups is 1. The number of carbonyl (C=O) groups is 4. The van der Waals surface area contributed by atoms with Crippen molar-refractivity contribution in [1.82, 2.24) is 4.90 Å². The van der Waals surface area contributed by atoms with Crippen LogP contribution in [0.4, 0.5) is 0 Å². The largest absolute Gasteiger partial charge is 0.482 e. The van der Waals surface area contributed by atoms with Crippen molar-refractivity contribution in [2.45, 2.75) is 308 Å². The molecule has 0 radical (unpaired) electrons. The summed E-state index contributed by atoms with van der Waals surface area (Å²) in [7, 11) is 1.78. The first-order valence-corrected chi connectivity index (χ1v) is 32.6. The second kappa shape index (κ2) is 29.8. The number of fused-ring (bicyclic) bond motifs is 2. The minimum Gasteiger partial charge on any atom is -0.482 e. The molecule has 5 fully saturated rings. The second-order valence-corrected chi connectivity index (χ2v) is 26.9. The predicted molar refractivity (Wildman–Crippen MR) is 311 cm³/mol. The second-order valence-electron chi connectivity index (χ2n) is 26.9.